The Labute approximate surface area is 193 Å². The average molecular weight is 478 g/mol. The van der Waals surface area contributed by atoms with Gasteiger partial charge in [-0.2, -0.15) is 0 Å². The highest BCUT2D eigenvalue weighted by atomic mass is 32.2. The van der Waals surface area contributed by atoms with Crippen molar-refractivity contribution in [1.29, 1.82) is 0 Å². The predicted molar refractivity (Wildman–Crippen MR) is 123 cm³/mol. The Morgan fingerprint density at radius 2 is 1.67 bits per heavy atom. The fraction of sp³-hybridized carbons (Fsp3) is 0.391. The molecule has 0 radical (unpaired) electrons. The first-order valence-electron chi connectivity index (χ1n) is 10.7. The number of sulfone groups is 1. The van der Waals surface area contributed by atoms with Crippen molar-refractivity contribution >= 4 is 27.5 Å². The van der Waals surface area contributed by atoms with E-state index in [9.17, 15) is 22.4 Å². The molecule has 0 saturated carbocycles. The van der Waals surface area contributed by atoms with Gasteiger partial charge >= 0.3 is 6.09 Å². The van der Waals surface area contributed by atoms with Gasteiger partial charge in [0, 0.05) is 38.1 Å². The molecule has 1 N–H and O–H groups in total. The fourth-order valence-corrected chi connectivity index (χ4v) is 4.22. The molecule has 0 spiro atoms. The Morgan fingerprint density at radius 3 is 2.27 bits per heavy atom. The number of amides is 2. The van der Waals surface area contributed by atoms with E-state index >= 15 is 0 Å². The molecule has 0 bridgehead atoms. The number of rotatable bonds is 8. The van der Waals surface area contributed by atoms with E-state index in [1.54, 1.807) is 29.2 Å². The molecule has 0 aliphatic carbocycles. The van der Waals surface area contributed by atoms with E-state index < -0.39 is 22.0 Å². The molecule has 8 nitrogen and oxygen atoms in total. The van der Waals surface area contributed by atoms with Crippen LogP contribution in [0.2, 0.25) is 0 Å². The first-order valence-corrected chi connectivity index (χ1v) is 12.7. The van der Waals surface area contributed by atoms with Crippen molar-refractivity contribution in [3.63, 3.8) is 0 Å². The van der Waals surface area contributed by atoms with E-state index in [0.717, 1.165) is 17.5 Å². The van der Waals surface area contributed by atoms with Gasteiger partial charge in [0.25, 0.3) is 0 Å². The maximum Gasteiger partial charge on any atom is 0.408 e. The number of nitrogens with zero attached hydrogens (tertiary/aromatic N) is 2. The molecule has 1 heterocycles. The number of hydrogen-bond acceptors (Lipinski definition) is 6. The number of benzene rings is 2. The second kappa shape index (κ2) is 11.1. The van der Waals surface area contributed by atoms with Gasteiger partial charge in [-0.05, 0) is 36.2 Å². The maximum atomic E-state index is 13.2. The molecular weight excluding hydrogens is 449 g/mol. The molecule has 1 unspecified atom stereocenters. The zero-order valence-electron chi connectivity index (χ0n) is 18.4. The van der Waals surface area contributed by atoms with Crippen LogP contribution in [0.15, 0.2) is 54.6 Å². The lowest BCUT2D eigenvalue weighted by Gasteiger charge is -2.37. The number of alkyl carbamates (subject to hydrolysis) is 1. The summed E-state index contributed by atoms with van der Waals surface area (Å²) in [7, 11) is -3.32. The number of nitrogens with one attached hydrogen (secondary N) is 1. The minimum atomic E-state index is -3.32. The number of anilines is 1. The molecule has 0 aromatic heterocycles. The monoisotopic (exact) mass is 477 g/mol. The van der Waals surface area contributed by atoms with Crippen LogP contribution in [-0.4, -0.2) is 69.5 Å². The summed E-state index contributed by atoms with van der Waals surface area (Å²) in [5.74, 6) is -0.904. The van der Waals surface area contributed by atoms with E-state index in [1.165, 1.54) is 12.1 Å². The van der Waals surface area contributed by atoms with Crippen LogP contribution < -0.4 is 10.2 Å². The van der Waals surface area contributed by atoms with Gasteiger partial charge in [-0.1, -0.05) is 30.3 Å². The van der Waals surface area contributed by atoms with Crippen molar-refractivity contribution in [2.45, 2.75) is 19.1 Å². The zero-order valence-corrected chi connectivity index (χ0v) is 19.3. The van der Waals surface area contributed by atoms with E-state index in [2.05, 4.69) is 5.32 Å². The molecule has 3 rings (SSSR count). The summed E-state index contributed by atoms with van der Waals surface area (Å²) in [4.78, 5) is 29.1. The van der Waals surface area contributed by atoms with Crippen molar-refractivity contribution in [3.05, 3.63) is 66.0 Å². The number of carbonyl (C=O) groups is 2. The van der Waals surface area contributed by atoms with Gasteiger partial charge in [-0.25, -0.2) is 17.6 Å². The number of ether oxygens (including phenoxy) is 1. The number of halogens is 1. The number of hydrogen-bond donors (Lipinski definition) is 1. The van der Waals surface area contributed by atoms with Crippen molar-refractivity contribution in [1.82, 2.24) is 10.2 Å². The van der Waals surface area contributed by atoms with Crippen LogP contribution in [0.25, 0.3) is 0 Å². The van der Waals surface area contributed by atoms with Gasteiger partial charge in [0.15, 0.2) is 0 Å². The Bertz CT molecular complexity index is 1040. The highest BCUT2D eigenvalue weighted by Gasteiger charge is 2.30. The van der Waals surface area contributed by atoms with Gasteiger partial charge in [0.1, 0.15) is 28.3 Å². The molecule has 10 heteroatoms. The van der Waals surface area contributed by atoms with Crippen LogP contribution in [0.1, 0.15) is 12.0 Å². The first-order chi connectivity index (χ1) is 15.7. The minimum absolute atomic E-state index is 0.0377. The van der Waals surface area contributed by atoms with Crippen LogP contribution in [-0.2, 0) is 26.0 Å². The molecule has 33 heavy (non-hydrogen) atoms. The first kappa shape index (κ1) is 24.5. The number of carbonyl (C=O) groups excluding carboxylic acids is 2. The van der Waals surface area contributed by atoms with Crippen molar-refractivity contribution in [3.8, 4) is 0 Å². The minimum Gasteiger partial charge on any atom is -0.445 e. The van der Waals surface area contributed by atoms with Crippen molar-refractivity contribution in [2.75, 3.05) is 43.1 Å². The smallest absolute Gasteiger partial charge is 0.408 e. The molecule has 1 aliphatic heterocycles. The summed E-state index contributed by atoms with van der Waals surface area (Å²) in [5.41, 5.74) is 1.66. The van der Waals surface area contributed by atoms with Crippen LogP contribution in [0.3, 0.4) is 0 Å². The lowest BCUT2D eigenvalue weighted by atomic mass is 10.1. The lowest BCUT2D eigenvalue weighted by molar-refractivity contribution is -0.133. The molecular formula is C23H28FN3O5S. The summed E-state index contributed by atoms with van der Waals surface area (Å²) in [6.45, 7) is 1.90. The highest BCUT2D eigenvalue weighted by molar-refractivity contribution is 7.90. The van der Waals surface area contributed by atoms with Crippen molar-refractivity contribution in [2.24, 2.45) is 0 Å². The van der Waals surface area contributed by atoms with Crippen LogP contribution in [0, 0.1) is 5.82 Å². The Morgan fingerprint density at radius 1 is 1.03 bits per heavy atom. The second-order valence-corrected chi connectivity index (χ2v) is 10.2. The summed E-state index contributed by atoms with van der Waals surface area (Å²) >= 11 is 0. The largest absolute Gasteiger partial charge is 0.445 e. The van der Waals surface area contributed by atoms with Gasteiger partial charge < -0.3 is 19.9 Å². The lowest BCUT2D eigenvalue weighted by Crippen LogP contribution is -2.55. The number of piperazine rings is 1. The molecule has 178 valence electrons. The summed E-state index contributed by atoms with van der Waals surface area (Å²) in [6.07, 6.45) is 0.260. The van der Waals surface area contributed by atoms with E-state index in [-0.39, 0.29) is 30.5 Å². The standard InChI is InChI=1S/C23H28FN3O5S/c1-33(30,31)16-11-21(25-23(29)32-17-18-5-3-2-4-6-18)22(28)27-14-12-26(13-15-27)20-9-7-19(24)8-10-20/h2-10,21H,11-17H2,1H3,(H,25,29). The Hall–Kier alpha value is -3.14. The van der Waals surface area contributed by atoms with Crippen LogP contribution in [0.5, 0.6) is 0 Å². The topological polar surface area (TPSA) is 96.0 Å². The van der Waals surface area contributed by atoms with Crippen LogP contribution in [0.4, 0.5) is 14.9 Å². The van der Waals surface area contributed by atoms with E-state index in [0.29, 0.717) is 26.2 Å². The van der Waals surface area contributed by atoms with Crippen LogP contribution >= 0.6 is 0 Å². The van der Waals surface area contributed by atoms with Gasteiger partial charge in [0.2, 0.25) is 5.91 Å². The van der Waals surface area contributed by atoms with Crippen molar-refractivity contribution < 1.29 is 27.1 Å². The van der Waals surface area contributed by atoms with Gasteiger partial charge in [0.05, 0.1) is 5.75 Å². The highest BCUT2D eigenvalue weighted by Crippen LogP contribution is 2.17. The quantitative estimate of drug-likeness (QED) is 0.626. The average Bonchev–Trinajstić information content (AvgIpc) is 2.81. The molecule has 2 aromatic carbocycles. The third-order valence-corrected chi connectivity index (χ3v) is 6.34. The molecule has 1 saturated heterocycles. The second-order valence-electron chi connectivity index (χ2n) is 7.97. The third kappa shape index (κ3) is 7.74. The predicted octanol–water partition coefficient (Wildman–Crippen LogP) is 2.20. The normalized spacial score (nSPS) is 15.1. The molecule has 1 atom stereocenters. The summed E-state index contributed by atoms with van der Waals surface area (Å²) in [5, 5.41) is 2.53. The zero-order chi connectivity index (χ0) is 23.8. The van der Waals surface area contributed by atoms with Gasteiger partial charge in [-0.15, -0.1) is 0 Å². The Kier molecular flexibility index (Phi) is 8.26. The van der Waals surface area contributed by atoms with E-state index in [1.807, 2.05) is 23.1 Å². The van der Waals surface area contributed by atoms with Gasteiger partial charge in [-0.3, -0.25) is 4.79 Å². The summed E-state index contributed by atoms with van der Waals surface area (Å²) in [6, 6.07) is 14.2. The molecule has 2 aromatic rings. The summed E-state index contributed by atoms with van der Waals surface area (Å²) < 4.78 is 41.7. The Balaban J connectivity index is 1.58. The molecule has 1 aliphatic rings. The fourth-order valence-electron chi connectivity index (χ4n) is 3.55. The molecule has 2 amide bonds. The molecule has 1 fully saturated rings. The third-order valence-electron chi connectivity index (χ3n) is 5.36. The van der Waals surface area contributed by atoms with E-state index in [4.69, 9.17) is 4.74 Å². The SMILES string of the molecule is CS(=O)(=O)CCC(NC(=O)OCc1ccccc1)C(=O)N1CCN(c2ccc(F)cc2)CC1. The maximum absolute atomic E-state index is 13.2.